The third-order valence-corrected chi connectivity index (χ3v) is 4.18. The summed E-state index contributed by atoms with van der Waals surface area (Å²) in [7, 11) is 0. The van der Waals surface area contributed by atoms with Crippen molar-refractivity contribution in [2.24, 2.45) is 0 Å². The summed E-state index contributed by atoms with van der Waals surface area (Å²) in [6.07, 6.45) is 0. The minimum atomic E-state index is -0.744. The van der Waals surface area contributed by atoms with Crippen molar-refractivity contribution in [3.8, 4) is 11.8 Å². The van der Waals surface area contributed by atoms with Gasteiger partial charge in [0.25, 0.3) is 5.91 Å². The van der Waals surface area contributed by atoms with E-state index in [0.29, 0.717) is 27.3 Å². The molecule has 0 fully saturated rings. The van der Waals surface area contributed by atoms with Crippen LogP contribution in [0.1, 0.15) is 5.56 Å². The number of hydrogen-bond acceptors (Lipinski definition) is 8. The van der Waals surface area contributed by atoms with Crippen LogP contribution in [0.5, 0.6) is 5.75 Å². The zero-order chi connectivity index (χ0) is 19.2. The molecule has 0 saturated heterocycles. The molecule has 2 heterocycles. The van der Waals surface area contributed by atoms with E-state index in [-0.39, 0.29) is 0 Å². The summed E-state index contributed by atoms with van der Waals surface area (Å²) in [6, 6.07) is 11.2. The predicted molar refractivity (Wildman–Crippen MR) is 96.6 cm³/mol. The van der Waals surface area contributed by atoms with Gasteiger partial charge in [0.1, 0.15) is 22.4 Å². The van der Waals surface area contributed by atoms with Crippen LogP contribution in [0.15, 0.2) is 51.0 Å². The molecular formula is C18H12N2O6S. The van der Waals surface area contributed by atoms with Gasteiger partial charge in [-0.3, -0.25) is 4.79 Å². The van der Waals surface area contributed by atoms with Gasteiger partial charge in [0, 0.05) is 17.5 Å². The fourth-order valence-electron chi connectivity index (χ4n) is 2.12. The van der Waals surface area contributed by atoms with E-state index in [4.69, 9.17) is 19.2 Å². The smallest absolute Gasteiger partial charge is 0.344 e. The largest absolute Gasteiger partial charge is 0.482 e. The van der Waals surface area contributed by atoms with E-state index in [1.807, 2.05) is 6.07 Å². The lowest BCUT2D eigenvalue weighted by molar-refractivity contribution is -0.149. The third-order valence-electron chi connectivity index (χ3n) is 3.35. The number of amides is 1. The molecule has 27 heavy (non-hydrogen) atoms. The van der Waals surface area contributed by atoms with Crippen LogP contribution in [0.3, 0.4) is 0 Å². The molecule has 2 aromatic heterocycles. The van der Waals surface area contributed by atoms with Gasteiger partial charge in [0.05, 0.1) is 5.56 Å². The van der Waals surface area contributed by atoms with Crippen molar-refractivity contribution < 1.29 is 23.5 Å². The Morgan fingerprint density at radius 3 is 2.81 bits per heavy atom. The average molecular weight is 384 g/mol. The van der Waals surface area contributed by atoms with Crippen molar-refractivity contribution in [3.63, 3.8) is 0 Å². The summed E-state index contributed by atoms with van der Waals surface area (Å²) >= 11 is 1.20. The van der Waals surface area contributed by atoms with Gasteiger partial charge in [0.2, 0.25) is 0 Å². The predicted octanol–water partition coefficient (Wildman–Crippen LogP) is 2.29. The molecule has 0 saturated carbocycles. The first-order valence-electron chi connectivity index (χ1n) is 7.65. The zero-order valence-corrected chi connectivity index (χ0v) is 14.6. The molecule has 0 unspecified atom stereocenters. The van der Waals surface area contributed by atoms with Crippen LogP contribution in [0, 0.1) is 11.3 Å². The van der Waals surface area contributed by atoms with Crippen LogP contribution in [-0.4, -0.2) is 25.1 Å². The number of nitriles is 1. The molecule has 3 aromatic rings. The van der Waals surface area contributed by atoms with E-state index >= 15 is 0 Å². The number of carbonyl (C=O) groups excluding carboxylic acids is 2. The maximum absolute atomic E-state index is 11.8. The van der Waals surface area contributed by atoms with E-state index in [2.05, 4.69) is 5.32 Å². The molecule has 0 aliphatic rings. The Morgan fingerprint density at radius 1 is 1.19 bits per heavy atom. The quantitative estimate of drug-likeness (QED) is 0.511. The molecule has 0 atom stereocenters. The molecule has 0 spiro atoms. The molecule has 0 bridgehead atoms. The number of anilines is 1. The van der Waals surface area contributed by atoms with Gasteiger partial charge >= 0.3 is 11.6 Å². The van der Waals surface area contributed by atoms with Gasteiger partial charge in [0.15, 0.2) is 13.2 Å². The molecule has 0 radical (unpaired) electrons. The standard InChI is InChI=1S/C18H12N2O6S/c19-8-12-5-6-27-18(12)20-15(21)9-25-17(23)10-24-13-3-1-11-2-4-16(22)26-14(11)7-13/h1-7H,9-10H2,(H,20,21). The summed E-state index contributed by atoms with van der Waals surface area (Å²) in [6.45, 7) is -0.921. The number of thiophene rings is 1. The normalized spacial score (nSPS) is 10.2. The first-order valence-corrected chi connectivity index (χ1v) is 8.53. The van der Waals surface area contributed by atoms with Crippen molar-refractivity contribution in [2.45, 2.75) is 0 Å². The van der Waals surface area contributed by atoms with Crippen molar-refractivity contribution in [3.05, 3.63) is 57.8 Å². The zero-order valence-electron chi connectivity index (χ0n) is 13.8. The highest BCUT2D eigenvalue weighted by atomic mass is 32.1. The summed E-state index contributed by atoms with van der Waals surface area (Å²) in [5.74, 6) is -0.989. The minimum absolute atomic E-state index is 0.315. The second kappa shape index (κ2) is 8.16. The maximum atomic E-state index is 11.8. The Balaban J connectivity index is 1.49. The van der Waals surface area contributed by atoms with Gasteiger partial charge in [-0.2, -0.15) is 5.26 Å². The summed E-state index contributed by atoms with van der Waals surface area (Å²) in [5.41, 5.74) is 0.179. The average Bonchev–Trinajstić information content (AvgIpc) is 3.11. The topological polar surface area (TPSA) is 119 Å². The monoisotopic (exact) mass is 384 g/mol. The minimum Gasteiger partial charge on any atom is -0.482 e. The summed E-state index contributed by atoms with van der Waals surface area (Å²) in [5, 5.41) is 14.1. The van der Waals surface area contributed by atoms with E-state index in [1.54, 1.807) is 29.6 Å². The summed E-state index contributed by atoms with van der Waals surface area (Å²) in [4.78, 5) is 34.7. The lowest BCUT2D eigenvalue weighted by Crippen LogP contribution is -2.23. The number of carbonyl (C=O) groups is 2. The Kier molecular flexibility index (Phi) is 5.49. The van der Waals surface area contributed by atoms with Crippen LogP contribution in [0.4, 0.5) is 5.00 Å². The first kappa shape index (κ1) is 18.2. The molecule has 136 valence electrons. The van der Waals surface area contributed by atoms with E-state index in [9.17, 15) is 14.4 Å². The van der Waals surface area contributed by atoms with Crippen molar-refractivity contribution >= 4 is 39.2 Å². The van der Waals surface area contributed by atoms with Crippen molar-refractivity contribution in [1.82, 2.24) is 0 Å². The van der Waals surface area contributed by atoms with Crippen molar-refractivity contribution in [2.75, 3.05) is 18.5 Å². The number of rotatable bonds is 6. The molecule has 1 N–H and O–H groups in total. The second-order valence-electron chi connectivity index (χ2n) is 5.23. The van der Waals surface area contributed by atoms with Gasteiger partial charge in [-0.1, -0.05) is 0 Å². The molecule has 1 aromatic carbocycles. The van der Waals surface area contributed by atoms with Gasteiger partial charge < -0.3 is 19.2 Å². The third kappa shape index (κ3) is 4.71. The van der Waals surface area contributed by atoms with Crippen LogP contribution >= 0.6 is 11.3 Å². The highest BCUT2D eigenvalue weighted by molar-refractivity contribution is 7.14. The van der Waals surface area contributed by atoms with Crippen LogP contribution in [0.2, 0.25) is 0 Å². The summed E-state index contributed by atoms with van der Waals surface area (Å²) < 4.78 is 15.1. The first-order chi connectivity index (χ1) is 13.0. The number of nitrogens with zero attached hydrogens (tertiary/aromatic N) is 1. The highest BCUT2D eigenvalue weighted by Crippen LogP contribution is 2.22. The SMILES string of the molecule is N#Cc1ccsc1NC(=O)COC(=O)COc1ccc2ccc(=O)oc2c1. The Morgan fingerprint density at radius 2 is 2.00 bits per heavy atom. The van der Waals surface area contributed by atoms with Gasteiger partial charge in [-0.05, 0) is 29.6 Å². The number of esters is 1. The number of nitrogens with one attached hydrogen (secondary N) is 1. The second-order valence-corrected chi connectivity index (χ2v) is 6.14. The fraction of sp³-hybridized carbons (Fsp3) is 0.111. The Bertz CT molecular complexity index is 1090. The van der Waals surface area contributed by atoms with Gasteiger partial charge in [-0.15, -0.1) is 11.3 Å². The highest BCUT2D eigenvalue weighted by Gasteiger charge is 2.12. The lowest BCUT2D eigenvalue weighted by Gasteiger charge is -2.08. The Labute approximate surface area is 156 Å². The molecular weight excluding hydrogens is 372 g/mol. The van der Waals surface area contributed by atoms with Crippen LogP contribution in [0.25, 0.3) is 11.0 Å². The molecule has 8 nitrogen and oxygen atoms in total. The number of benzene rings is 1. The number of fused-ring (bicyclic) bond motifs is 1. The lowest BCUT2D eigenvalue weighted by atomic mass is 10.2. The Hall–Kier alpha value is -3.64. The maximum Gasteiger partial charge on any atom is 0.344 e. The van der Waals surface area contributed by atoms with Crippen LogP contribution < -0.4 is 15.7 Å². The number of ether oxygens (including phenoxy) is 2. The molecule has 3 rings (SSSR count). The van der Waals surface area contributed by atoms with E-state index < -0.39 is 30.7 Å². The molecule has 1 amide bonds. The molecule has 0 aliphatic heterocycles. The van der Waals surface area contributed by atoms with Gasteiger partial charge in [-0.25, -0.2) is 9.59 Å². The molecule has 0 aliphatic carbocycles. The molecule has 9 heteroatoms. The van der Waals surface area contributed by atoms with E-state index in [0.717, 1.165) is 0 Å². The fourth-order valence-corrected chi connectivity index (χ4v) is 2.87. The van der Waals surface area contributed by atoms with E-state index in [1.165, 1.54) is 23.5 Å². The number of hydrogen-bond donors (Lipinski definition) is 1. The van der Waals surface area contributed by atoms with Crippen molar-refractivity contribution in [1.29, 1.82) is 5.26 Å². The van der Waals surface area contributed by atoms with Crippen LogP contribution in [-0.2, 0) is 14.3 Å².